The molecular weight excluding hydrogens is 350 g/mol. The van der Waals surface area contributed by atoms with Crippen LogP contribution in [0.4, 0.5) is 26.3 Å². The van der Waals surface area contributed by atoms with E-state index in [1.54, 1.807) is 0 Å². The van der Waals surface area contributed by atoms with Gasteiger partial charge in [0, 0.05) is 17.8 Å². The highest BCUT2D eigenvalue weighted by Gasteiger charge is 2.37. The summed E-state index contributed by atoms with van der Waals surface area (Å²) in [6.45, 7) is 0. The maximum absolute atomic E-state index is 12.8. The molecule has 9 heteroatoms. The van der Waals surface area contributed by atoms with Crippen LogP contribution in [0.3, 0.4) is 0 Å². The van der Waals surface area contributed by atoms with Crippen LogP contribution in [0, 0.1) is 0 Å². The Balaban J connectivity index is 2.25. The molecule has 1 fully saturated rings. The van der Waals surface area contributed by atoms with Gasteiger partial charge in [-0.3, -0.25) is 4.79 Å². The first kappa shape index (κ1) is 19.3. The molecule has 0 radical (unpaired) electrons. The molecule has 0 aliphatic heterocycles. The fourth-order valence-electron chi connectivity index (χ4n) is 2.49. The van der Waals surface area contributed by atoms with Crippen LogP contribution in [0.25, 0.3) is 0 Å². The van der Waals surface area contributed by atoms with Crippen LogP contribution in [-0.2, 0) is 12.4 Å². The summed E-state index contributed by atoms with van der Waals surface area (Å²) >= 11 is 0. The molecule has 1 aliphatic rings. The summed E-state index contributed by atoms with van der Waals surface area (Å²) in [7, 11) is 0. The van der Waals surface area contributed by atoms with E-state index in [0.29, 0.717) is 37.8 Å². The number of halogens is 6. The van der Waals surface area contributed by atoms with E-state index in [1.807, 2.05) is 0 Å². The van der Waals surface area contributed by atoms with Gasteiger partial charge in [-0.2, -0.15) is 26.3 Å². The van der Waals surface area contributed by atoms with E-state index in [-0.39, 0.29) is 12.1 Å². The Kier molecular flexibility index (Phi) is 5.46. The molecule has 1 aromatic carbocycles. The number of benzene rings is 1. The summed E-state index contributed by atoms with van der Waals surface area (Å²) in [6.07, 6.45) is -5.98. The van der Waals surface area contributed by atoms with Crippen LogP contribution in [0.5, 0.6) is 0 Å². The molecule has 0 aromatic heterocycles. The largest absolute Gasteiger partial charge is 0.416 e. The zero-order valence-corrected chi connectivity index (χ0v) is 13.0. The molecular formula is C16H16F6N2O. The Morgan fingerprint density at radius 2 is 1.48 bits per heavy atom. The predicted octanol–water partition coefficient (Wildman–Crippen LogP) is 4.24. The van der Waals surface area contributed by atoms with Crippen molar-refractivity contribution in [3.63, 3.8) is 0 Å². The van der Waals surface area contributed by atoms with Gasteiger partial charge in [0.05, 0.1) is 11.1 Å². The highest BCUT2D eigenvalue weighted by Crippen LogP contribution is 2.36. The minimum Gasteiger partial charge on any atom is -0.329 e. The summed E-state index contributed by atoms with van der Waals surface area (Å²) in [5, 5.41) is 2.26. The second-order valence-electron chi connectivity index (χ2n) is 5.91. The van der Waals surface area contributed by atoms with Gasteiger partial charge in [-0.1, -0.05) is 5.57 Å². The maximum Gasteiger partial charge on any atom is 0.416 e. The van der Waals surface area contributed by atoms with Crippen molar-refractivity contribution in [3.8, 4) is 0 Å². The van der Waals surface area contributed by atoms with E-state index < -0.39 is 35.0 Å². The molecule has 1 aliphatic carbocycles. The van der Waals surface area contributed by atoms with Gasteiger partial charge < -0.3 is 11.1 Å². The van der Waals surface area contributed by atoms with Gasteiger partial charge in [-0.05, 0) is 43.9 Å². The van der Waals surface area contributed by atoms with Gasteiger partial charge in [0.1, 0.15) is 0 Å². The van der Waals surface area contributed by atoms with Crippen LogP contribution >= 0.6 is 0 Å². The molecule has 25 heavy (non-hydrogen) atoms. The van der Waals surface area contributed by atoms with E-state index in [2.05, 4.69) is 5.32 Å². The SMILES string of the molecule is NC1CCC(=CNC(=O)c2cc(C(F)(F)F)cc(C(F)(F)F)c2)CC1. The zero-order valence-electron chi connectivity index (χ0n) is 13.0. The summed E-state index contributed by atoms with van der Waals surface area (Å²) in [4.78, 5) is 12.0. The van der Waals surface area contributed by atoms with Crippen molar-refractivity contribution < 1.29 is 31.1 Å². The van der Waals surface area contributed by atoms with Gasteiger partial charge in [-0.25, -0.2) is 0 Å². The van der Waals surface area contributed by atoms with Crippen molar-refractivity contribution in [1.29, 1.82) is 0 Å². The van der Waals surface area contributed by atoms with Crippen LogP contribution < -0.4 is 11.1 Å². The normalized spacial score (nSPS) is 18.8. The molecule has 0 spiro atoms. The Morgan fingerprint density at radius 1 is 1.00 bits per heavy atom. The van der Waals surface area contributed by atoms with Crippen LogP contribution in [0.2, 0.25) is 0 Å². The van der Waals surface area contributed by atoms with Gasteiger partial charge in [-0.15, -0.1) is 0 Å². The number of rotatable bonds is 2. The van der Waals surface area contributed by atoms with E-state index >= 15 is 0 Å². The molecule has 0 atom stereocenters. The number of amides is 1. The number of nitrogens with two attached hydrogens (primary N) is 1. The molecule has 1 aromatic rings. The van der Waals surface area contributed by atoms with Crippen LogP contribution in [0.15, 0.2) is 30.0 Å². The molecule has 138 valence electrons. The lowest BCUT2D eigenvalue weighted by Gasteiger charge is -2.20. The number of allylic oxidation sites excluding steroid dienone is 1. The van der Waals surface area contributed by atoms with Crippen molar-refractivity contribution in [2.75, 3.05) is 0 Å². The Bertz CT molecular complexity index is 636. The maximum atomic E-state index is 12.8. The Morgan fingerprint density at radius 3 is 1.92 bits per heavy atom. The first-order valence-electron chi connectivity index (χ1n) is 7.50. The third-order valence-corrected chi connectivity index (χ3v) is 3.93. The molecule has 0 unspecified atom stereocenters. The highest BCUT2D eigenvalue weighted by atomic mass is 19.4. The number of alkyl halides is 6. The van der Waals surface area contributed by atoms with E-state index in [9.17, 15) is 31.1 Å². The average molecular weight is 366 g/mol. The smallest absolute Gasteiger partial charge is 0.329 e. The lowest BCUT2D eigenvalue weighted by molar-refractivity contribution is -0.143. The molecule has 3 nitrogen and oxygen atoms in total. The van der Waals surface area contributed by atoms with Gasteiger partial charge >= 0.3 is 12.4 Å². The quantitative estimate of drug-likeness (QED) is 0.770. The molecule has 1 amide bonds. The van der Waals surface area contributed by atoms with Crippen molar-refractivity contribution in [3.05, 3.63) is 46.7 Å². The van der Waals surface area contributed by atoms with Gasteiger partial charge in [0.2, 0.25) is 0 Å². The monoisotopic (exact) mass is 366 g/mol. The summed E-state index contributed by atoms with van der Waals surface area (Å²) < 4.78 is 76.7. The van der Waals surface area contributed by atoms with E-state index in [0.717, 1.165) is 5.57 Å². The van der Waals surface area contributed by atoms with E-state index in [4.69, 9.17) is 5.73 Å². The Labute approximate surface area is 139 Å². The topological polar surface area (TPSA) is 55.1 Å². The number of hydrogen-bond acceptors (Lipinski definition) is 2. The highest BCUT2D eigenvalue weighted by molar-refractivity contribution is 5.95. The number of nitrogens with one attached hydrogen (secondary N) is 1. The second kappa shape index (κ2) is 7.07. The fraction of sp³-hybridized carbons (Fsp3) is 0.438. The fourth-order valence-corrected chi connectivity index (χ4v) is 2.49. The second-order valence-corrected chi connectivity index (χ2v) is 5.91. The Hall–Kier alpha value is -2.03. The van der Waals surface area contributed by atoms with Crippen molar-refractivity contribution in [2.24, 2.45) is 5.73 Å². The van der Waals surface area contributed by atoms with Crippen molar-refractivity contribution >= 4 is 5.91 Å². The predicted molar refractivity (Wildman–Crippen MR) is 78.4 cm³/mol. The minimum atomic E-state index is -4.99. The molecule has 3 N–H and O–H groups in total. The molecule has 0 heterocycles. The number of carbonyl (C=O) groups is 1. The van der Waals surface area contributed by atoms with Gasteiger partial charge in [0.15, 0.2) is 0 Å². The molecule has 1 saturated carbocycles. The summed E-state index contributed by atoms with van der Waals surface area (Å²) in [5.41, 5.74) is 2.83. The van der Waals surface area contributed by atoms with Crippen LogP contribution in [0.1, 0.15) is 47.2 Å². The lowest BCUT2D eigenvalue weighted by atomic mass is 9.92. The number of carbonyl (C=O) groups excluding carboxylic acids is 1. The molecule has 2 rings (SSSR count). The molecule has 0 saturated heterocycles. The van der Waals surface area contributed by atoms with Gasteiger partial charge in [0.25, 0.3) is 5.91 Å². The first-order valence-corrected chi connectivity index (χ1v) is 7.50. The minimum absolute atomic E-state index is 0.0161. The summed E-state index contributed by atoms with van der Waals surface area (Å²) in [6, 6.07) is 0.850. The third-order valence-electron chi connectivity index (χ3n) is 3.93. The number of hydrogen-bond donors (Lipinski definition) is 2. The van der Waals surface area contributed by atoms with Crippen LogP contribution in [-0.4, -0.2) is 11.9 Å². The third kappa shape index (κ3) is 5.22. The molecule has 0 bridgehead atoms. The van der Waals surface area contributed by atoms with Crippen molar-refractivity contribution in [1.82, 2.24) is 5.32 Å². The standard InChI is InChI=1S/C16H16F6N2O/c17-15(18,19)11-5-10(6-12(7-11)16(20,21)22)14(25)24-8-9-1-3-13(23)4-2-9/h5-8,13H,1-4,23H2,(H,24,25). The van der Waals surface area contributed by atoms with Crippen molar-refractivity contribution in [2.45, 2.75) is 44.1 Å². The lowest BCUT2D eigenvalue weighted by Crippen LogP contribution is -2.25. The first-order chi connectivity index (χ1) is 11.5. The van der Waals surface area contributed by atoms with E-state index in [1.165, 1.54) is 6.20 Å². The average Bonchev–Trinajstić information content (AvgIpc) is 2.52. The zero-order chi connectivity index (χ0) is 18.8. The summed E-state index contributed by atoms with van der Waals surface area (Å²) in [5.74, 6) is -1.03.